The standard InChI is InChI=1S/C16H20N4O/c1-9(2)7-11-10(5-6-21)3-4-12-13(11)14-15(16(17)20-12)19-8-18-14/h3-4,8-9,21H,5-7H2,1-2H3,(H2,17,20)(H,18,19). The van der Waals surface area contributed by atoms with E-state index in [9.17, 15) is 5.11 Å². The molecule has 0 aliphatic carbocycles. The van der Waals surface area contributed by atoms with Gasteiger partial charge in [0, 0.05) is 12.0 Å². The normalized spacial score (nSPS) is 11.8. The average molecular weight is 284 g/mol. The third kappa shape index (κ3) is 2.34. The van der Waals surface area contributed by atoms with Crippen molar-refractivity contribution >= 4 is 27.8 Å². The van der Waals surface area contributed by atoms with E-state index in [1.807, 2.05) is 12.1 Å². The number of rotatable bonds is 4. The minimum absolute atomic E-state index is 0.142. The van der Waals surface area contributed by atoms with E-state index in [-0.39, 0.29) is 6.61 Å². The lowest BCUT2D eigenvalue weighted by Gasteiger charge is -2.15. The minimum Gasteiger partial charge on any atom is -0.396 e. The Labute approximate surface area is 123 Å². The number of anilines is 1. The van der Waals surface area contributed by atoms with Gasteiger partial charge in [-0.1, -0.05) is 19.9 Å². The average Bonchev–Trinajstić information content (AvgIpc) is 2.91. The molecule has 4 N–H and O–H groups in total. The second-order valence-corrected chi connectivity index (χ2v) is 5.79. The summed E-state index contributed by atoms with van der Waals surface area (Å²) < 4.78 is 0. The maximum absolute atomic E-state index is 9.31. The summed E-state index contributed by atoms with van der Waals surface area (Å²) in [5.41, 5.74) is 10.9. The second-order valence-electron chi connectivity index (χ2n) is 5.79. The molecule has 0 spiro atoms. The first-order chi connectivity index (χ1) is 10.1. The van der Waals surface area contributed by atoms with E-state index in [2.05, 4.69) is 28.8 Å². The van der Waals surface area contributed by atoms with Crippen molar-refractivity contribution in [2.75, 3.05) is 12.3 Å². The fourth-order valence-corrected chi connectivity index (χ4v) is 2.90. The van der Waals surface area contributed by atoms with Gasteiger partial charge in [-0.05, 0) is 36.0 Å². The van der Waals surface area contributed by atoms with Crippen LogP contribution < -0.4 is 5.73 Å². The number of nitrogens with one attached hydrogen (secondary N) is 1. The maximum atomic E-state index is 9.31. The molecule has 0 amide bonds. The lowest BCUT2D eigenvalue weighted by molar-refractivity contribution is 0.299. The molecule has 5 nitrogen and oxygen atoms in total. The van der Waals surface area contributed by atoms with E-state index in [0.29, 0.717) is 18.2 Å². The molecule has 3 aromatic rings. The predicted octanol–water partition coefficient (Wildman–Crippen LogP) is 2.43. The fourth-order valence-electron chi connectivity index (χ4n) is 2.90. The summed E-state index contributed by atoms with van der Waals surface area (Å²) in [6.07, 6.45) is 3.23. The molecule has 0 atom stereocenters. The first-order valence-corrected chi connectivity index (χ1v) is 7.25. The SMILES string of the molecule is CC(C)Cc1c(CCO)ccc2nc(N)c3[nH]cnc3c12. The van der Waals surface area contributed by atoms with Crippen LogP contribution in [0.1, 0.15) is 25.0 Å². The number of fused-ring (bicyclic) bond motifs is 3. The molecule has 0 saturated carbocycles. The molecular formula is C16H20N4O. The van der Waals surface area contributed by atoms with Crippen LogP contribution in [0, 0.1) is 5.92 Å². The molecule has 0 unspecified atom stereocenters. The van der Waals surface area contributed by atoms with Crippen LogP contribution in [0.4, 0.5) is 5.82 Å². The van der Waals surface area contributed by atoms with Crippen LogP contribution in [0.2, 0.25) is 0 Å². The third-order valence-electron chi connectivity index (χ3n) is 3.75. The fraction of sp³-hybridized carbons (Fsp3) is 0.375. The Hall–Kier alpha value is -2.14. The monoisotopic (exact) mass is 284 g/mol. The molecule has 0 radical (unpaired) electrons. The van der Waals surface area contributed by atoms with Crippen molar-refractivity contribution < 1.29 is 5.11 Å². The molecule has 0 saturated heterocycles. The van der Waals surface area contributed by atoms with Crippen LogP contribution >= 0.6 is 0 Å². The Morgan fingerprint density at radius 2 is 2.14 bits per heavy atom. The van der Waals surface area contributed by atoms with Gasteiger partial charge in [-0.2, -0.15) is 0 Å². The smallest absolute Gasteiger partial charge is 0.150 e. The summed E-state index contributed by atoms with van der Waals surface area (Å²) in [5.74, 6) is 0.986. The maximum Gasteiger partial charge on any atom is 0.150 e. The highest BCUT2D eigenvalue weighted by Crippen LogP contribution is 2.31. The molecule has 0 fully saturated rings. The molecule has 0 aliphatic heterocycles. The Morgan fingerprint density at radius 1 is 1.33 bits per heavy atom. The molecule has 3 rings (SSSR count). The van der Waals surface area contributed by atoms with Gasteiger partial charge in [0.15, 0.2) is 0 Å². The van der Waals surface area contributed by atoms with Gasteiger partial charge < -0.3 is 15.8 Å². The van der Waals surface area contributed by atoms with E-state index in [1.165, 1.54) is 5.56 Å². The Balaban J connectivity index is 2.39. The zero-order chi connectivity index (χ0) is 15.0. The first kappa shape index (κ1) is 13.8. The van der Waals surface area contributed by atoms with Crippen molar-refractivity contribution in [3.05, 3.63) is 29.6 Å². The number of benzene rings is 1. The van der Waals surface area contributed by atoms with Crippen molar-refractivity contribution in [1.29, 1.82) is 0 Å². The summed E-state index contributed by atoms with van der Waals surface area (Å²) in [6, 6.07) is 4.01. The highest BCUT2D eigenvalue weighted by atomic mass is 16.2. The second kappa shape index (κ2) is 5.33. The molecule has 0 bridgehead atoms. The van der Waals surface area contributed by atoms with Crippen molar-refractivity contribution in [2.45, 2.75) is 26.7 Å². The molecule has 5 heteroatoms. The topological polar surface area (TPSA) is 87.8 Å². The zero-order valence-corrected chi connectivity index (χ0v) is 12.3. The third-order valence-corrected chi connectivity index (χ3v) is 3.75. The van der Waals surface area contributed by atoms with E-state index in [0.717, 1.165) is 33.9 Å². The summed E-state index contributed by atoms with van der Waals surface area (Å²) in [6.45, 7) is 4.52. The molecule has 21 heavy (non-hydrogen) atoms. The zero-order valence-electron chi connectivity index (χ0n) is 12.3. The van der Waals surface area contributed by atoms with Gasteiger partial charge >= 0.3 is 0 Å². The quantitative estimate of drug-likeness (QED) is 0.686. The number of aliphatic hydroxyl groups is 1. The van der Waals surface area contributed by atoms with Crippen LogP contribution in [0.5, 0.6) is 0 Å². The number of hydrogen-bond donors (Lipinski definition) is 3. The Kier molecular flexibility index (Phi) is 3.51. The van der Waals surface area contributed by atoms with Crippen LogP contribution in [0.3, 0.4) is 0 Å². The summed E-state index contributed by atoms with van der Waals surface area (Å²) in [5, 5.41) is 10.4. The summed E-state index contributed by atoms with van der Waals surface area (Å²) in [7, 11) is 0. The van der Waals surface area contributed by atoms with Crippen LogP contribution in [0.15, 0.2) is 18.5 Å². The van der Waals surface area contributed by atoms with Crippen LogP contribution in [-0.4, -0.2) is 26.7 Å². The first-order valence-electron chi connectivity index (χ1n) is 7.25. The van der Waals surface area contributed by atoms with Gasteiger partial charge in [0.25, 0.3) is 0 Å². The lowest BCUT2D eigenvalue weighted by atomic mass is 9.92. The molecule has 2 heterocycles. The summed E-state index contributed by atoms with van der Waals surface area (Å²) >= 11 is 0. The lowest BCUT2D eigenvalue weighted by Crippen LogP contribution is -2.04. The highest BCUT2D eigenvalue weighted by molar-refractivity contribution is 6.07. The number of aromatic amines is 1. The highest BCUT2D eigenvalue weighted by Gasteiger charge is 2.16. The number of hydrogen-bond acceptors (Lipinski definition) is 4. The summed E-state index contributed by atoms with van der Waals surface area (Å²) in [4.78, 5) is 12.0. The number of imidazole rings is 1. The van der Waals surface area contributed by atoms with Gasteiger partial charge in [0.2, 0.25) is 0 Å². The van der Waals surface area contributed by atoms with Gasteiger partial charge in [0.05, 0.1) is 11.8 Å². The number of H-pyrrole nitrogens is 1. The van der Waals surface area contributed by atoms with Gasteiger partial charge in [0.1, 0.15) is 16.9 Å². The Morgan fingerprint density at radius 3 is 2.86 bits per heavy atom. The predicted molar refractivity (Wildman–Crippen MR) is 85.1 cm³/mol. The molecule has 110 valence electrons. The van der Waals surface area contributed by atoms with E-state index < -0.39 is 0 Å². The minimum atomic E-state index is 0.142. The largest absolute Gasteiger partial charge is 0.396 e. The van der Waals surface area contributed by atoms with E-state index in [4.69, 9.17) is 5.73 Å². The van der Waals surface area contributed by atoms with Gasteiger partial charge in [-0.25, -0.2) is 9.97 Å². The van der Waals surface area contributed by atoms with E-state index in [1.54, 1.807) is 6.33 Å². The van der Waals surface area contributed by atoms with Gasteiger partial charge in [-0.3, -0.25) is 0 Å². The van der Waals surface area contributed by atoms with Crippen LogP contribution in [-0.2, 0) is 12.8 Å². The molecule has 1 aromatic carbocycles. The van der Waals surface area contributed by atoms with E-state index >= 15 is 0 Å². The van der Waals surface area contributed by atoms with Crippen molar-refractivity contribution in [3.8, 4) is 0 Å². The number of nitrogens with zero attached hydrogens (tertiary/aromatic N) is 2. The van der Waals surface area contributed by atoms with Crippen molar-refractivity contribution in [1.82, 2.24) is 15.0 Å². The van der Waals surface area contributed by atoms with Gasteiger partial charge in [-0.15, -0.1) is 0 Å². The van der Waals surface area contributed by atoms with Crippen LogP contribution in [0.25, 0.3) is 21.9 Å². The molecule has 2 aromatic heterocycles. The number of aliphatic hydroxyl groups excluding tert-OH is 1. The number of pyridine rings is 1. The van der Waals surface area contributed by atoms with Crippen molar-refractivity contribution in [3.63, 3.8) is 0 Å². The molecular weight excluding hydrogens is 264 g/mol. The van der Waals surface area contributed by atoms with Crippen molar-refractivity contribution in [2.24, 2.45) is 5.92 Å². The Bertz CT molecular complexity index is 792. The molecule has 0 aliphatic rings. The number of nitrogen functional groups attached to an aromatic ring is 1. The number of aromatic nitrogens is 3. The number of nitrogens with two attached hydrogens (primary N) is 1.